The summed E-state index contributed by atoms with van der Waals surface area (Å²) >= 11 is 5.84. The second kappa shape index (κ2) is 6.29. The van der Waals surface area contributed by atoms with Crippen molar-refractivity contribution in [2.75, 3.05) is 13.1 Å². The average Bonchev–Trinajstić information content (AvgIpc) is 2.43. The van der Waals surface area contributed by atoms with E-state index in [2.05, 4.69) is 0 Å². The molecule has 1 aliphatic rings. The summed E-state index contributed by atoms with van der Waals surface area (Å²) in [5.74, 6) is -2.61. The van der Waals surface area contributed by atoms with Crippen molar-refractivity contribution in [2.24, 2.45) is 5.92 Å². The largest absolute Gasteiger partial charge is 0.481 e. The minimum Gasteiger partial charge on any atom is -0.481 e. The molecule has 21 heavy (non-hydrogen) atoms. The van der Waals surface area contributed by atoms with E-state index in [4.69, 9.17) is 16.7 Å². The highest BCUT2D eigenvalue weighted by atomic mass is 35.5. The van der Waals surface area contributed by atoms with Gasteiger partial charge in [0.05, 0.1) is 11.7 Å². The van der Waals surface area contributed by atoms with Crippen molar-refractivity contribution in [1.29, 1.82) is 0 Å². The predicted octanol–water partition coefficient (Wildman–Crippen LogP) is 2.11. The van der Waals surface area contributed by atoms with E-state index in [1.807, 2.05) is 0 Å². The number of hydrogen-bond donors (Lipinski definition) is 1. The average molecular weight is 336 g/mol. The van der Waals surface area contributed by atoms with Gasteiger partial charge in [-0.3, -0.25) is 4.79 Å². The Labute approximate surface area is 127 Å². The Kier molecular flexibility index (Phi) is 4.85. The van der Waals surface area contributed by atoms with Gasteiger partial charge in [0.25, 0.3) is 0 Å². The van der Waals surface area contributed by atoms with Crippen LogP contribution in [-0.2, 0) is 20.6 Å². The van der Waals surface area contributed by atoms with Crippen molar-refractivity contribution >= 4 is 27.6 Å². The number of piperidine rings is 1. The van der Waals surface area contributed by atoms with Crippen molar-refractivity contribution in [3.63, 3.8) is 0 Å². The van der Waals surface area contributed by atoms with E-state index in [1.54, 1.807) is 0 Å². The van der Waals surface area contributed by atoms with E-state index < -0.39 is 33.5 Å². The molecule has 8 heteroatoms. The number of aliphatic carboxylic acids is 1. The minimum atomic E-state index is -3.71. The highest BCUT2D eigenvalue weighted by Crippen LogP contribution is 2.25. The van der Waals surface area contributed by atoms with Gasteiger partial charge in [-0.05, 0) is 25.0 Å². The van der Waals surface area contributed by atoms with E-state index in [0.717, 1.165) is 6.07 Å². The number of benzene rings is 1. The molecular formula is C13H15ClFNO4S. The number of carbonyl (C=O) groups is 1. The van der Waals surface area contributed by atoms with Crippen LogP contribution in [0.3, 0.4) is 0 Å². The van der Waals surface area contributed by atoms with Crippen LogP contribution in [0.4, 0.5) is 4.39 Å². The van der Waals surface area contributed by atoms with Gasteiger partial charge in [0, 0.05) is 23.7 Å². The zero-order valence-electron chi connectivity index (χ0n) is 11.1. The predicted molar refractivity (Wildman–Crippen MR) is 76.0 cm³/mol. The summed E-state index contributed by atoms with van der Waals surface area (Å²) in [6.45, 7) is 0.261. The normalized spacial score (nSPS) is 17.8. The zero-order valence-corrected chi connectivity index (χ0v) is 12.7. The van der Waals surface area contributed by atoms with Gasteiger partial charge in [0.2, 0.25) is 10.0 Å². The molecule has 1 saturated heterocycles. The van der Waals surface area contributed by atoms with E-state index in [9.17, 15) is 17.6 Å². The Hall–Kier alpha value is -1.18. The lowest BCUT2D eigenvalue weighted by atomic mass is 9.99. The molecule has 2 rings (SSSR count). The van der Waals surface area contributed by atoms with Crippen LogP contribution in [0.1, 0.15) is 18.4 Å². The maximum Gasteiger partial charge on any atom is 0.306 e. The van der Waals surface area contributed by atoms with Crippen molar-refractivity contribution in [3.05, 3.63) is 34.6 Å². The molecule has 0 saturated carbocycles. The fraction of sp³-hybridized carbons (Fsp3) is 0.462. The SMILES string of the molecule is O=C(O)C1CCN(S(=O)(=O)Cc2c(F)cccc2Cl)CC1. The molecule has 1 aromatic carbocycles. The van der Waals surface area contributed by atoms with Crippen LogP contribution in [0.25, 0.3) is 0 Å². The van der Waals surface area contributed by atoms with Crippen LogP contribution in [0.2, 0.25) is 5.02 Å². The Morgan fingerprint density at radius 1 is 1.38 bits per heavy atom. The molecule has 116 valence electrons. The fourth-order valence-corrected chi connectivity index (χ4v) is 4.24. The first kappa shape index (κ1) is 16.2. The fourth-order valence-electron chi connectivity index (χ4n) is 2.32. The molecule has 0 amide bonds. The van der Waals surface area contributed by atoms with Crippen LogP contribution in [-0.4, -0.2) is 36.9 Å². The van der Waals surface area contributed by atoms with Crippen LogP contribution in [0.5, 0.6) is 0 Å². The number of halogens is 2. The molecular weight excluding hydrogens is 321 g/mol. The lowest BCUT2D eigenvalue weighted by Gasteiger charge is -2.29. The summed E-state index contributed by atoms with van der Waals surface area (Å²) < 4.78 is 39.5. The van der Waals surface area contributed by atoms with Gasteiger partial charge in [-0.15, -0.1) is 0 Å². The summed E-state index contributed by atoms with van der Waals surface area (Å²) in [6, 6.07) is 4.01. The first-order valence-electron chi connectivity index (χ1n) is 6.45. The van der Waals surface area contributed by atoms with Gasteiger partial charge in [0.15, 0.2) is 0 Å². The maximum absolute atomic E-state index is 13.7. The molecule has 0 aromatic heterocycles. The van der Waals surface area contributed by atoms with Gasteiger partial charge in [-0.1, -0.05) is 17.7 Å². The molecule has 1 aromatic rings. The van der Waals surface area contributed by atoms with E-state index in [-0.39, 0.29) is 36.5 Å². The first-order chi connectivity index (χ1) is 9.81. The second-order valence-corrected chi connectivity index (χ2v) is 7.34. The molecule has 0 spiro atoms. The van der Waals surface area contributed by atoms with Gasteiger partial charge in [0.1, 0.15) is 5.82 Å². The number of carboxylic acids is 1. The molecule has 5 nitrogen and oxygen atoms in total. The second-order valence-electron chi connectivity index (χ2n) is 4.97. The molecule has 1 fully saturated rings. The quantitative estimate of drug-likeness (QED) is 0.914. The molecule has 0 unspecified atom stereocenters. The highest BCUT2D eigenvalue weighted by Gasteiger charge is 2.31. The number of sulfonamides is 1. The summed E-state index contributed by atoms with van der Waals surface area (Å²) in [4.78, 5) is 10.9. The Morgan fingerprint density at radius 3 is 2.52 bits per heavy atom. The summed E-state index contributed by atoms with van der Waals surface area (Å²) in [7, 11) is -3.71. The molecule has 1 aliphatic heterocycles. The Balaban J connectivity index is 2.11. The Morgan fingerprint density at radius 2 is 2.00 bits per heavy atom. The van der Waals surface area contributed by atoms with Gasteiger partial charge >= 0.3 is 5.97 Å². The number of hydrogen-bond acceptors (Lipinski definition) is 3. The summed E-state index contributed by atoms with van der Waals surface area (Å²) in [5.41, 5.74) is -0.0560. The van der Waals surface area contributed by atoms with Crippen LogP contribution in [0, 0.1) is 11.7 Å². The smallest absolute Gasteiger partial charge is 0.306 e. The lowest BCUT2D eigenvalue weighted by molar-refractivity contribution is -0.142. The molecule has 0 atom stereocenters. The van der Waals surface area contributed by atoms with Crippen LogP contribution < -0.4 is 0 Å². The number of nitrogens with zero attached hydrogens (tertiary/aromatic N) is 1. The van der Waals surface area contributed by atoms with E-state index >= 15 is 0 Å². The van der Waals surface area contributed by atoms with Crippen molar-refractivity contribution in [3.8, 4) is 0 Å². The van der Waals surface area contributed by atoms with Crippen LogP contribution in [0.15, 0.2) is 18.2 Å². The lowest BCUT2D eigenvalue weighted by Crippen LogP contribution is -2.40. The van der Waals surface area contributed by atoms with Crippen molar-refractivity contribution in [2.45, 2.75) is 18.6 Å². The van der Waals surface area contributed by atoms with Gasteiger partial charge in [-0.25, -0.2) is 17.1 Å². The maximum atomic E-state index is 13.7. The Bertz CT molecular complexity index is 621. The standard InChI is InChI=1S/C13H15ClFNO4S/c14-11-2-1-3-12(15)10(11)8-21(19,20)16-6-4-9(5-7-16)13(17)18/h1-3,9H,4-8H2,(H,17,18). The third-order valence-corrected chi connectivity index (χ3v) is 5.74. The third kappa shape index (κ3) is 3.72. The summed E-state index contributed by atoms with van der Waals surface area (Å²) in [6.07, 6.45) is 0.527. The molecule has 0 radical (unpaired) electrons. The molecule has 0 bridgehead atoms. The third-order valence-electron chi connectivity index (χ3n) is 3.58. The minimum absolute atomic E-state index is 0.0560. The van der Waals surface area contributed by atoms with Crippen LogP contribution >= 0.6 is 11.6 Å². The van der Waals surface area contributed by atoms with Gasteiger partial charge in [-0.2, -0.15) is 0 Å². The molecule has 1 N–H and O–H groups in total. The zero-order chi connectivity index (χ0) is 15.6. The topological polar surface area (TPSA) is 74.7 Å². The highest BCUT2D eigenvalue weighted by molar-refractivity contribution is 7.88. The molecule has 1 heterocycles. The van der Waals surface area contributed by atoms with E-state index in [1.165, 1.54) is 16.4 Å². The monoisotopic (exact) mass is 335 g/mol. The first-order valence-corrected chi connectivity index (χ1v) is 8.43. The van der Waals surface area contributed by atoms with Crippen molar-refractivity contribution < 1.29 is 22.7 Å². The molecule has 0 aliphatic carbocycles. The van der Waals surface area contributed by atoms with Gasteiger partial charge < -0.3 is 5.11 Å². The van der Waals surface area contributed by atoms with Crippen molar-refractivity contribution in [1.82, 2.24) is 4.31 Å². The van der Waals surface area contributed by atoms with E-state index in [0.29, 0.717) is 0 Å². The number of rotatable bonds is 4. The number of carboxylic acid groups (broad SMARTS) is 1. The summed E-state index contributed by atoms with van der Waals surface area (Å²) in [5, 5.41) is 8.97.